The highest BCUT2D eigenvalue weighted by Crippen LogP contribution is 2.27. The first-order valence-corrected chi connectivity index (χ1v) is 9.19. The lowest BCUT2D eigenvalue weighted by molar-refractivity contribution is -0.121. The van der Waals surface area contributed by atoms with Crippen LogP contribution in [0.1, 0.15) is 33.6 Å². The van der Waals surface area contributed by atoms with Crippen LogP contribution in [-0.2, 0) is 16.0 Å². The zero-order chi connectivity index (χ0) is 19.0. The molecular formula is C22H22N2O3. The number of nitrogens with zero attached hydrogens (tertiary/aromatic N) is 1. The van der Waals surface area contributed by atoms with Crippen molar-refractivity contribution >= 4 is 28.5 Å². The fourth-order valence-corrected chi connectivity index (χ4v) is 3.67. The number of para-hydroxylation sites is 1. The minimum atomic E-state index is -0.478. The number of rotatable bonds is 3. The normalized spacial score (nSPS) is 13.5. The summed E-state index contributed by atoms with van der Waals surface area (Å²) in [7, 11) is 0. The largest absolute Gasteiger partial charge is 0.452 e. The molecule has 0 fully saturated rings. The number of esters is 1. The highest BCUT2D eigenvalue weighted by Gasteiger charge is 2.23. The van der Waals surface area contributed by atoms with Crippen LogP contribution in [0.5, 0.6) is 0 Å². The number of aromatic amines is 1. The second-order valence-corrected chi connectivity index (χ2v) is 6.99. The van der Waals surface area contributed by atoms with Crippen molar-refractivity contribution in [2.24, 2.45) is 0 Å². The van der Waals surface area contributed by atoms with Gasteiger partial charge in [-0.25, -0.2) is 4.79 Å². The fraction of sp³-hybridized carbons (Fsp3) is 0.273. The first kappa shape index (κ1) is 17.3. The number of hydrogen-bond donors (Lipinski definition) is 1. The van der Waals surface area contributed by atoms with Gasteiger partial charge in [-0.1, -0.05) is 18.2 Å². The van der Waals surface area contributed by atoms with Crippen molar-refractivity contribution in [1.82, 2.24) is 4.98 Å². The van der Waals surface area contributed by atoms with Crippen molar-refractivity contribution in [1.29, 1.82) is 0 Å². The molecule has 5 heteroatoms. The predicted molar refractivity (Wildman–Crippen MR) is 105 cm³/mol. The van der Waals surface area contributed by atoms with E-state index in [-0.39, 0.29) is 12.5 Å². The van der Waals surface area contributed by atoms with Gasteiger partial charge in [-0.3, -0.25) is 4.79 Å². The fourth-order valence-electron chi connectivity index (χ4n) is 3.67. The van der Waals surface area contributed by atoms with E-state index in [0.29, 0.717) is 12.1 Å². The smallest absolute Gasteiger partial charge is 0.338 e. The molecule has 0 saturated carbocycles. The summed E-state index contributed by atoms with van der Waals surface area (Å²) in [6.07, 6.45) is 1.88. The van der Waals surface area contributed by atoms with Gasteiger partial charge < -0.3 is 14.6 Å². The Balaban J connectivity index is 1.47. The number of fused-ring (bicyclic) bond motifs is 2. The average molecular weight is 362 g/mol. The molecule has 138 valence electrons. The molecule has 2 heterocycles. The Bertz CT molecular complexity index is 1040. The zero-order valence-corrected chi connectivity index (χ0v) is 15.5. The average Bonchev–Trinajstić information content (AvgIpc) is 2.98. The highest BCUT2D eigenvalue weighted by atomic mass is 16.5. The van der Waals surface area contributed by atoms with Gasteiger partial charge in [-0.2, -0.15) is 0 Å². The Kier molecular flexibility index (Phi) is 4.44. The third-order valence-electron chi connectivity index (χ3n) is 5.28. The molecule has 3 aromatic rings. The van der Waals surface area contributed by atoms with Crippen molar-refractivity contribution in [3.63, 3.8) is 0 Å². The number of H-pyrrole nitrogens is 1. The van der Waals surface area contributed by atoms with Gasteiger partial charge in [-0.15, -0.1) is 0 Å². The molecule has 1 aliphatic heterocycles. The first-order valence-electron chi connectivity index (χ1n) is 9.19. The van der Waals surface area contributed by atoms with E-state index >= 15 is 0 Å². The number of nitrogens with one attached hydrogen (secondary N) is 1. The molecule has 5 nitrogen and oxygen atoms in total. The van der Waals surface area contributed by atoms with Gasteiger partial charge in [0.1, 0.15) is 0 Å². The molecule has 0 atom stereocenters. The van der Waals surface area contributed by atoms with Gasteiger partial charge in [0.25, 0.3) is 5.91 Å². The number of ether oxygens (including phenoxy) is 1. The van der Waals surface area contributed by atoms with Crippen molar-refractivity contribution in [2.75, 3.05) is 18.1 Å². The van der Waals surface area contributed by atoms with Crippen LogP contribution in [0.4, 0.5) is 5.69 Å². The molecule has 0 saturated heterocycles. The molecule has 0 bridgehead atoms. The minimum absolute atomic E-state index is 0.190. The Morgan fingerprint density at radius 1 is 1.15 bits per heavy atom. The molecule has 1 aliphatic rings. The van der Waals surface area contributed by atoms with Gasteiger partial charge in [0.05, 0.1) is 5.56 Å². The Morgan fingerprint density at radius 3 is 2.81 bits per heavy atom. The van der Waals surface area contributed by atoms with Crippen molar-refractivity contribution in [3.05, 3.63) is 64.8 Å². The van der Waals surface area contributed by atoms with E-state index in [4.69, 9.17) is 4.74 Å². The van der Waals surface area contributed by atoms with E-state index in [2.05, 4.69) is 4.98 Å². The molecule has 0 aliphatic carbocycles. The molecule has 4 rings (SSSR count). The van der Waals surface area contributed by atoms with Gasteiger partial charge in [-0.05, 0) is 62.1 Å². The van der Waals surface area contributed by atoms with Crippen LogP contribution in [0.2, 0.25) is 0 Å². The second kappa shape index (κ2) is 6.91. The summed E-state index contributed by atoms with van der Waals surface area (Å²) >= 11 is 0. The van der Waals surface area contributed by atoms with Crippen LogP contribution in [0.15, 0.2) is 42.5 Å². The van der Waals surface area contributed by atoms with Gasteiger partial charge in [0, 0.05) is 28.8 Å². The third kappa shape index (κ3) is 3.21. The van der Waals surface area contributed by atoms with Crippen LogP contribution < -0.4 is 4.90 Å². The van der Waals surface area contributed by atoms with Crippen LogP contribution >= 0.6 is 0 Å². The van der Waals surface area contributed by atoms with Crippen molar-refractivity contribution in [2.45, 2.75) is 26.7 Å². The number of aryl methyl sites for hydroxylation is 3. The molecule has 0 spiro atoms. The summed E-state index contributed by atoms with van der Waals surface area (Å²) in [6, 6.07) is 13.3. The summed E-state index contributed by atoms with van der Waals surface area (Å²) in [5.41, 5.74) is 5.71. The second-order valence-electron chi connectivity index (χ2n) is 6.99. The van der Waals surface area contributed by atoms with Crippen molar-refractivity contribution < 1.29 is 14.3 Å². The summed E-state index contributed by atoms with van der Waals surface area (Å²) < 4.78 is 5.31. The first-order chi connectivity index (χ1) is 13.0. The number of anilines is 1. The lowest BCUT2D eigenvalue weighted by Gasteiger charge is -2.29. The number of aromatic nitrogens is 1. The topological polar surface area (TPSA) is 62.4 Å². The number of benzene rings is 2. The van der Waals surface area contributed by atoms with Crippen LogP contribution in [0.25, 0.3) is 10.9 Å². The standard InChI is InChI=1S/C22H22N2O3/c1-14-15(2)23-19-10-9-17(12-18(14)19)22(26)27-13-21(25)24-11-5-7-16-6-3-4-8-20(16)24/h3-4,6,8-10,12,23H,5,7,11,13H2,1-2H3. The maximum atomic E-state index is 12.6. The Morgan fingerprint density at radius 2 is 1.96 bits per heavy atom. The molecule has 1 amide bonds. The zero-order valence-electron chi connectivity index (χ0n) is 15.5. The Hall–Kier alpha value is -3.08. The summed E-state index contributed by atoms with van der Waals surface area (Å²) in [5, 5.41) is 0.998. The van der Waals surface area contributed by atoms with Crippen molar-refractivity contribution in [3.8, 4) is 0 Å². The number of hydrogen-bond acceptors (Lipinski definition) is 3. The van der Waals surface area contributed by atoms with E-state index in [9.17, 15) is 9.59 Å². The quantitative estimate of drug-likeness (QED) is 0.718. The molecular weight excluding hydrogens is 340 g/mol. The van der Waals surface area contributed by atoms with Crippen LogP contribution in [0.3, 0.4) is 0 Å². The summed E-state index contributed by atoms with van der Waals surface area (Å²) in [6.45, 7) is 4.42. The van der Waals surface area contributed by atoms with Gasteiger partial charge in [0.15, 0.2) is 6.61 Å². The number of carbonyl (C=O) groups is 2. The molecule has 0 unspecified atom stereocenters. The minimum Gasteiger partial charge on any atom is -0.452 e. The SMILES string of the molecule is Cc1[nH]c2ccc(C(=O)OCC(=O)N3CCCc4ccccc43)cc2c1C. The van der Waals surface area contributed by atoms with Crippen LogP contribution in [0, 0.1) is 13.8 Å². The highest BCUT2D eigenvalue weighted by molar-refractivity contribution is 5.99. The van der Waals surface area contributed by atoms with E-state index in [1.807, 2.05) is 50.2 Å². The Labute approximate surface area is 157 Å². The maximum Gasteiger partial charge on any atom is 0.338 e. The number of amides is 1. The predicted octanol–water partition coefficient (Wildman–Crippen LogP) is 3.92. The van der Waals surface area contributed by atoms with E-state index in [0.717, 1.165) is 46.3 Å². The third-order valence-corrected chi connectivity index (χ3v) is 5.28. The molecule has 1 aromatic heterocycles. The summed E-state index contributed by atoms with van der Waals surface area (Å²) in [5.74, 6) is -0.668. The molecule has 2 aromatic carbocycles. The molecule has 0 radical (unpaired) electrons. The van der Waals surface area contributed by atoms with E-state index in [1.54, 1.807) is 11.0 Å². The van der Waals surface area contributed by atoms with E-state index < -0.39 is 5.97 Å². The van der Waals surface area contributed by atoms with E-state index in [1.165, 1.54) is 0 Å². The van der Waals surface area contributed by atoms with Gasteiger partial charge in [0.2, 0.25) is 0 Å². The number of carbonyl (C=O) groups excluding carboxylic acids is 2. The maximum absolute atomic E-state index is 12.6. The van der Waals surface area contributed by atoms with Gasteiger partial charge >= 0.3 is 5.97 Å². The summed E-state index contributed by atoms with van der Waals surface area (Å²) in [4.78, 5) is 30.0. The molecule has 1 N–H and O–H groups in total. The monoisotopic (exact) mass is 362 g/mol. The molecule has 27 heavy (non-hydrogen) atoms. The lowest BCUT2D eigenvalue weighted by Crippen LogP contribution is -2.38. The van der Waals surface area contributed by atoms with Crippen LogP contribution in [-0.4, -0.2) is 30.0 Å². The lowest BCUT2D eigenvalue weighted by atomic mass is 10.0.